The Morgan fingerprint density at radius 3 is 2.00 bits per heavy atom. The van der Waals surface area contributed by atoms with Crippen LogP contribution in [0, 0.1) is 34.6 Å². The second-order valence-electron chi connectivity index (χ2n) is 6.63. The lowest BCUT2D eigenvalue weighted by atomic mass is 10.0. The molecule has 0 unspecified atom stereocenters. The van der Waals surface area contributed by atoms with Crippen LogP contribution in [0.2, 0.25) is 0 Å². The Labute approximate surface area is 149 Å². The minimum Gasteiger partial charge on any atom is -0.449 e. The van der Waals surface area contributed by atoms with E-state index in [0.717, 1.165) is 33.5 Å². The normalized spacial score (nSPS) is 11.8. The molecule has 0 radical (unpaired) electrons. The maximum absolute atomic E-state index is 12.4. The number of amides is 1. The van der Waals surface area contributed by atoms with Gasteiger partial charge in [0.2, 0.25) is 0 Å². The lowest BCUT2D eigenvalue weighted by molar-refractivity contribution is -0.123. The molecule has 1 amide bonds. The van der Waals surface area contributed by atoms with Gasteiger partial charge in [-0.2, -0.15) is 0 Å². The standard InChI is InChI=1S/C21H25NO3/c1-12-7-8-18(14(3)9-12)21(24)25-17(6)20(23)22-19-15(4)10-13(2)11-16(19)5/h7-11,17H,1-6H3,(H,22,23)/t17-/m0/s1. The molecule has 0 aromatic heterocycles. The molecule has 0 saturated carbocycles. The molecule has 0 spiro atoms. The van der Waals surface area contributed by atoms with Gasteiger partial charge < -0.3 is 10.1 Å². The smallest absolute Gasteiger partial charge is 0.339 e. The van der Waals surface area contributed by atoms with Crippen LogP contribution in [0.1, 0.15) is 45.1 Å². The Balaban J connectivity index is 2.09. The molecule has 4 heteroatoms. The Morgan fingerprint density at radius 1 is 0.880 bits per heavy atom. The van der Waals surface area contributed by atoms with Crippen LogP contribution in [0.25, 0.3) is 0 Å². The lowest BCUT2D eigenvalue weighted by Crippen LogP contribution is -2.30. The molecule has 132 valence electrons. The summed E-state index contributed by atoms with van der Waals surface area (Å²) in [5.74, 6) is -0.828. The highest BCUT2D eigenvalue weighted by molar-refractivity contribution is 5.98. The Morgan fingerprint density at radius 2 is 1.44 bits per heavy atom. The third kappa shape index (κ3) is 4.47. The third-order valence-electron chi connectivity index (χ3n) is 4.18. The highest BCUT2D eigenvalue weighted by Gasteiger charge is 2.21. The van der Waals surface area contributed by atoms with Crippen molar-refractivity contribution >= 4 is 17.6 Å². The molecule has 0 fully saturated rings. The van der Waals surface area contributed by atoms with Gasteiger partial charge in [0, 0.05) is 5.69 Å². The van der Waals surface area contributed by atoms with Gasteiger partial charge in [-0.15, -0.1) is 0 Å². The SMILES string of the molecule is Cc1ccc(C(=O)O[C@@H](C)C(=O)Nc2c(C)cc(C)cc2C)c(C)c1. The fourth-order valence-corrected chi connectivity index (χ4v) is 2.92. The van der Waals surface area contributed by atoms with E-state index in [4.69, 9.17) is 4.74 Å². The predicted octanol–water partition coefficient (Wildman–Crippen LogP) is 4.41. The Hall–Kier alpha value is -2.62. The molecular formula is C21H25NO3. The quantitative estimate of drug-likeness (QED) is 0.839. The van der Waals surface area contributed by atoms with E-state index in [9.17, 15) is 9.59 Å². The van der Waals surface area contributed by atoms with Crippen LogP contribution in [0.5, 0.6) is 0 Å². The van der Waals surface area contributed by atoms with E-state index >= 15 is 0 Å². The molecular weight excluding hydrogens is 314 g/mol. The van der Waals surface area contributed by atoms with Gasteiger partial charge in [-0.1, -0.05) is 35.4 Å². The van der Waals surface area contributed by atoms with Crippen molar-refractivity contribution in [1.82, 2.24) is 0 Å². The van der Waals surface area contributed by atoms with Gasteiger partial charge in [-0.3, -0.25) is 4.79 Å². The molecule has 0 heterocycles. The first kappa shape index (κ1) is 18.7. The van der Waals surface area contributed by atoms with Crippen molar-refractivity contribution in [3.8, 4) is 0 Å². The van der Waals surface area contributed by atoms with E-state index < -0.39 is 12.1 Å². The van der Waals surface area contributed by atoms with Gasteiger partial charge in [0.25, 0.3) is 5.91 Å². The average molecular weight is 339 g/mol. The maximum Gasteiger partial charge on any atom is 0.339 e. The number of benzene rings is 2. The number of ether oxygens (including phenoxy) is 1. The van der Waals surface area contributed by atoms with Crippen molar-refractivity contribution in [2.45, 2.75) is 47.6 Å². The molecule has 2 aromatic rings. The second-order valence-corrected chi connectivity index (χ2v) is 6.63. The molecule has 0 aliphatic heterocycles. The van der Waals surface area contributed by atoms with E-state index in [0.29, 0.717) is 5.56 Å². The van der Waals surface area contributed by atoms with Crippen LogP contribution in [0.3, 0.4) is 0 Å². The Kier molecular flexibility index (Phi) is 5.62. The van der Waals surface area contributed by atoms with E-state index in [1.165, 1.54) is 0 Å². The number of aryl methyl sites for hydroxylation is 5. The van der Waals surface area contributed by atoms with Crippen molar-refractivity contribution in [2.75, 3.05) is 5.32 Å². The largest absolute Gasteiger partial charge is 0.449 e. The zero-order chi connectivity index (χ0) is 18.7. The molecule has 1 N–H and O–H groups in total. The van der Waals surface area contributed by atoms with Gasteiger partial charge in [0.05, 0.1) is 5.56 Å². The zero-order valence-electron chi connectivity index (χ0n) is 15.7. The molecule has 0 aliphatic rings. The highest BCUT2D eigenvalue weighted by Crippen LogP contribution is 2.22. The first-order chi connectivity index (χ1) is 11.7. The first-order valence-electron chi connectivity index (χ1n) is 8.36. The summed E-state index contributed by atoms with van der Waals surface area (Å²) < 4.78 is 5.34. The van der Waals surface area contributed by atoms with Crippen molar-refractivity contribution < 1.29 is 14.3 Å². The number of hydrogen-bond donors (Lipinski definition) is 1. The first-order valence-corrected chi connectivity index (χ1v) is 8.36. The van der Waals surface area contributed by atoms with Crippen LogP contribution in [-0.4, -0.2) is 18.0 Å². The summed E-state index contributed by atoms with van der Waals surface area (Å²) in [6.07, 6.45) is -0.881. The number of hydrogen-bond acceptors (Lipinski definition) is 3. The minimum absolute atomic E-state index is 0.340. The number of carbonyl (C=O) groups excluding carboxylic acids is 2. The van der Waals surface area contributed by atoms with E-state index in [1.807, 2.05) is 58.9 Å². The lowest BCUT2D eigenvalue weighted by Gasteiger charge is -2.17. The molecule has 2 aromatic carbocycles. The fraction of sp³-hybridized carbons (Fsp3) is 0.333. The Bertz CT molecular complexity index is 801. The topological polar surface area (TPSA) is 55.4 Å². The number of rotatable bonds is 4. The molecule has 25 heavy (non-hydrogen) atoms. The number of carbonyl (C=O) groups is 2. The van der Waals surface area contributed by atoms with Gasteiger partial charge in [-0.25, -0.2) is 4.79 Å². The van der Waals surface area contributed by atoms with Gasteiger partial charge in [-0.05, 0) is 64.3 Å². The van der Waals surface area contributed by atoms with Crippen LogP contribution < -0.4 is 5.32 Å². The van der Waals surface area contributed by atoms with E-state index in [1.54, 1.807) is 13.0 Å². The van der Waals surface area contributed by atoms with Crippen molar-refractivity contribution in [3.05, 3.63) is 63.7 Å². The van der Waals surface area contributed by atoms with Crippen LogP contribution in [0.15, 0.2) is 30.3 Å². The summed E-state index contributed by atoms with van der Waals surface area (Å²) in [5, 5.41) is 2.87. The molecule has 1 atom stereocenters. The molecule has 4 nitrogen and oxygen atoms in total. The van der Waals surface area contributed by atoms with E-state index in [2.05, 4.69) is 5.32 Å². The summed E-state index contributed by atoms with van der Waals surface area (Å²) in [4.78, 5) is 24.7. The molecule has 0 aliphatic carbocycles. The third-order valence-corrected chi connectivity index (χ3v) is 4.18. The van der Waals surface area contributed by atoms with Crippen molar-refractivity contribution in [3.63, 3.8) is 0 Å². The predicted molar refractivity (Wildman–Crippen MR) is 100 cm³/mol. The van der Waals surface area contributed by atoms with Gasteiger partial charge >= 0.3 is 5.97 Å². The van der Waals surface area contributed by atoms with Crippen LogP contribution in [-0.2, 0) is 9.53 Å². The van der Waals surface area contributed by atoms with Crippen LogP contribution in [0.4, 0.5) is 5.69 Å². The minimum atomic E-state index is -0.881. The average Bonchev–Trinajstić information content (AvgIpc) is 2.50. The number of esters is 1. The number of nitrogens with one attached hydrogen (secondary N) is 1. The summed E-state index contributed by atoms with van der Waals surface area (Å²) in [5.41, 5.74) is 6.27. The fourth-order valence-electron chi connectivity index (χ4n) is 2.92. The molecule has 0 bridgehead atoms. The monoisotopic (exact) mass is 339 g/mol. The van der Waals surface area contributed by atoms with Crippen LogP contribution >= 0.6 is 0 Å². The van der Waals surface area contributed by atoms with Gasteiger partial charge in [0.15, 0.2) is 6.10 Å². The molecule has 0 saturated heterocycles. The maximum atomic E-state index is 12.4. The summed E-state index contributed by atoms with van der Waals surface area (Å²) in [7, 11) is 0. The number of anilines is 1. The highest BCUT2D eigenvalue weighted by atomic mass is 16.5. The van der Waals surface area contributed by atoms with Gasteiger partial charge in [0.1, 0.15) is 0 Å². The molecule has 2 rings (SSSR count). The summed E-state index contributed by atoms with van der Waals surface area (Å²) >= 11 is 0. The zero-order valence-corrected chi connectivity index (χ0v) is 15.7. The van der Waals surface area contributed by atoms with E-state index in [-0.39, 0.29) is 5.91 Å². The summed E-state index contributed by atoms with van der Waals surface area (Å²) in [6.45, 7) is 11.3. The summed E-state index contributed by atoms with van der Waals surface area (Å²) in [6, 6.07) is 9.52. The van der Waals surface area contributed by atoms with Crippen molar-refractivity contribution in [2.24, 2.45) is 0 Å². The second kappa shape index (κ2) is 7.51. The van der Waals surface area contributed by atoms with Crippen molar-refractivity contribution in [1.29, 1.82) is 0 Å².